The Morgan fingerprint density at radius 3 is 2.24 bits per heavy atom. The number of halogens is 4. The molecule has 17 heavy (non-hydrogen) atoms. The van der Waals surface area contributed by atoms with Crippen molar-refractivity contribution in [3.8, 4) is 11.1 Å². The summed E-state index contributed by atoms with van der Waals surface area (Å²) in [6.45, 7) is 0. The molecule has 1 atom stereocenters. The number of alkyl halides is 1. The van der Waals surface area contributed by atoms with E-state index in [1.54, 1.807) is 0 Å². The third-order valence-electron chi connectivity index (χ3n) is 2.94. The molecule has 0 aliphatic heterocycles. The van der Waals surface area contributed by atoms with Gasteiger partial charge in [0.25, 0.3) is 0 Å². The van der Waals surface area contributed by atoms with Gasteiger partial charge in [-0.25, -0.2) is 0 Å². The summed E-state index contributed by atoms with van der Waals surface area (Å²) in [7, 11) is 0. The Morgan fingerprint density at radius 2 is 1.47 bits per heavy atom. The number of hydrogen-bond donors (Lipinski definition) is 0. The van der Waals surface area contributed by atoms with Crippen molar-refractivity contribution in [3.63, 3.8) is 0 Å². The Balaban J connectivity index is 2.31. The fourth-order valence-corrected chi connectivity index (χ4v) is 3.44. The quantitative estimate of drug-likeness (QED) is 0.504. The second-order valence-electron chi connectivity index (χ2n) is 3.95. The van der Waals surface area contributed by atoms with Gasteiger partial charge in [0.15, 0.2) is 0 Å². The number of hydrogen-bond acceptors (Lipinski definition) is 0. The average molecular weight is 348 g/mol. The van der Waals surface area contributed by atoms with Crippen molar-refractivity contribution in [1.82, 2.24) is 0 Å². The van der Waals surface area contributed by atoms with Gasteiger partial charge in [-0.1, -0.05) is 56.8 Å². The standard InChI is InChI=1S/C13H6BrCl3/c14-13-9-3-6(15)1-2-7(9)8-4-11(16)12(17)5-10(8)13/h1-5,13H/t13-/m0/s1. The maximum atomic E-state index is 6.06. The van der Waals surface area contributed by atoms with Crippen LogP contribution in [0.2, 0.25) is 15.1 Å². The van der Waals surface area contributed by atoms with Gasteiger partial charge in [0.1, 0.15) is 0 Å². The molecule has 0 bridgehead atoms. The first-order chi connectivity index (χ1) is 8.08. The van der Waals surface area contributed by atoms with E-state index in [1.165, 1.54) is 0 Å². The second kappa shape index (κ2) is 4.17. The van der Waals surface area contributed by atoms with E-state index >= 15 is 0 Å². The van der Waals surface area contributed by atoms with Crippen LogP contribution in [0.5, 0.6) is 0 Å². The maximum absolute atomic E-state index is 6.06. The molecule has 3 rings (SSSR count). The van der Waals surface area contributed by atoms with Gasteiger partial charge >= 0.3 is 0 Å². The first kappa shape index (κ1) is 11.9. The van der Waals surface area contributed by atoms with Crippen LogP contribution in [0.15, 0.2) is 30.3 Å². The average Bonchev–Trinajstić information content (AvgIpc) is 2.54. The summed E-state index contributed by atoms with van der Waals surface area (Å²) in [5.74, 6) is 0. The molecular formula is C13H6BrCl3. The van der Waals surface area contributed by atoms with Gasteiger partial charge in [-0.2, -0.15) is 0 Å². The van der Waals surface area contributed by atoms with Crippen LogP contribution < -0.4 is 0 Å². The van der Waals surface area contributed by atoms with E-state index in [0.717, 1.165) is 27.3 Å². The molecule has 0 N–H and O–H groups in total. The molecule has 0 heterocycles. The fraction of sp³-hybridized carbons (Fsp3) is 0.0769. The summed E-state index contributed by atoms with van der Waals surface area (Å²) in [6, 6.07) is 9.69. The van der Waals surface area contributed by atoms with Crippen molar-refractivity contribution in [2.24, 2.45) is 0 Å². The Kier molecular flexibility index (Phi) is 2.91. The highest BCUT2D eigenvalue weighted by Crippen LogP contribution is 2.50. The largest absolute Gasteiger partial charge is 0.0843 e. The summed E-state index contributed by atoms with van der Waals surface area (Å²) >= 11 is 21.8. The van der Waals surface area contributed by atoms with Crippen LogP contribution in [-0.2, 0) is 0 Å². The predicted octanol–water partition coefficient (Wildman–Crippen LogP) is 6.11. The van der Waals surface area contributed by atoms with E-state index in [4.69, 9.17) is 34.8 Å². The molecule has 1 aliphatic carbocycles. The second-order valence-corrected chi connectivity index (χ2v) is 6.11. The molecule has 0 spiro atoms. The number of rotatable bonds is 0. The summed E-state index contributed by atoms with van der Waals surface area (Å²) in [4.78, 5) is 0.126. The van der Waals surface area contributed by atoms with Gasteiger partial charge in [0.2, 0.25) is 0 Å². The lowest BCUT2D eigenvalue weighted by Crippen LogP contribution is -1.85. The minimum Gasteiger partial charge on any atom is -0.0843 e. The Morgan fingerprint density at radius 1 is 0.824 bits per heavy atom. The van der Waals surface area contributed by atoms with E-state index in [1.807, 2.05) is 30.3 Å². The minimum atomic E-state index is 0.126. The molecular weight excluding hydrogens is 342 g/mol. The topological polar surface area (TPSA) is 0 Å². The minimum absolute atomic E-state index is 0.126. The highest BCUT2D eigenvalue weighted by molar-refractivity contribution is 9.09. The van der Waals surface area contributed by atoms with E-state index < -0.39 is 0 Å². The van der Waals surface area contributed by atoms with Crippen LogP contribution in [0.3, 0.4) is 0 Å². The Labute approximate surface area is 123 Å². The van der Waals surface area contributed by atoms with Crippen molar-refractivity contribution < 1.29 is 0 Å². The van der Waals surface area contributed by atoms with Crippen molar-refractivity contribution in [2.45, 2.75) is 4.83 Å². The molecule has 0 nitrogen and oxygen atoms in total. The summed E-state index contributed by atoms with van der Waals surface area (Å²) in [5.41, 5.74) is 4.57. The zero-order valence-electron chi connectivity index (χ0n) is 8.48. The summed E-state index contributed by atoms with van der Waals surface area (Å²) < 4.78 is 0. The fourth-order valence-electron chi connectivity index (χ4n) is 2.16. The lowest BCUT2D eigenvalue weighted by atomic mass is 10.1. The number of benzene rings is 2. The molecule has 0 aromatic heterocycles. The van der Waals surface area contributed by atoms with Crippen LogP contribution in [0.4, 0.5) is 0 Å². The highest BCUT2D eigenvalue weighted by Gasteiger charge is 2.27. The van der Waals surface area contributed by atoms with E-state index in [-0.39, 0.29) is 4.83 Å². The molecule has 4 heteroatoms. The predicted molar refractivity (Wildman–Crippen MR) is 77.7 cm³/mol. The third kappa shape index (κ3) is 1.80. The van der Waals surface area contributed by atoms with Gasteiger partial charge in [-0.05, 0) is 46.5 Å². The van der Waals surface area contributed by atoms with E-state index in [9.17, 15) is 0 Å². The molecule has 0 saturated carbocycles. The van der Waals surface area contributed by atoms with Crippen LogP contribution in [0, 0.1) is 0 Å². The van der Waals surface area contributed by atoms with Gasteiger partial charge in [-0.15, -0.1) is 0 Å². The van der Waals surface area contributed by atoms with Gasteiger partial charge < -0.3 is 0 Å². The number of fused-ring (bicyclic) bond motifs is 3. The molecule has 0 unspecified atom stereocenters. The van der Waals surface area contributed by atoms with Crippen LogP contribution in [0.1, 0.15) is 16.0 Å². The lowest BCUT2D eigenvalue weighted by molar-refractivity contribution is 1.25. The van der Waals surface area contributed by atoms with Crippen LogP contribution in [-0.4, -0.2) is 0 Å². The SMILES string of the molecule is Clc1ccc2c(c1)[C@H](Br)c1cc(Cl)c(Cl)cc1-2. The van der Waals surface area contributed by atoms with E-state index in [2.05, 4.69) is 15.9 Å². The first-order valence-corrected chi connectivity index (χ1v) is 7.05. The zero-order valence-corrected chi connectivity index (χ0v) is 12.3. The summed E-state index contributed by atoms with van der Waals surface area (Å²) in [5, 5.41) is 1.89. The molecule has 0 radical (unpaired) electrons. The third-order valence-corrected chi connectivity index (χ3v) is 4.89. The molecule has 0 saturated heterocycles. The zero-order chi connectivity index (χ0) is 12.2. The van der Waals surface area contributed by atoms with Crippen molar-refractivity contribution >= 4 is 50.7 Å². The first-order valence-electron chi connectivity index (χ1n) is 5.01. The smallest absolute Gasteiger partial charge is 0.0657 e. The summed E-state index contributed by atoms with van der Waals surface area (Å²) in [6.07, 6.45) is 0. The molecule has 0 fully saturated rings. The van der Waals surface area contributed by atoms with Crippen molar-refractivity contribution in [3.05, 3.63) is 56.5 Å². The van der Waals surface area contributed by atoms with Crippen molar-refractivity contribution in [2.75, 3.05) is 0 Å². The van der Waals surface area contributed by atoms with Gasteiger partial charge in [0.05, 0.1) is 14.9 Å². The molecule has 86 valence electrons. The maximum Gasteiger partial charge on any atom is 0.0657 e. The lowest BCUT2D eigenvalue weighted by Gasteiger charge is -2.05. The van der Waals surface area contributed by atoms with Gasteiger partial charge in [0, 0.05) is 5.02 Å². The Hall–Kier alpha value is -0.210. The highest BCUT2D eigenvalue weighted by atomic mass is 79.9. The molecule has 0 amide bonds. The van der Waals surface area contributed by atoms with E-state index in [0.29, 0.717) is 10.0 Å². The molecule has 2 aromatic rings. The van der Waals surface area contributed by atoms with Crippen LogP contribution >= 0.6 is 50.7 Å². The normalized spacial score (nSPS) is 16.8. The van der Waals surface area contributed by atoms with Crippen molar-refractivity contribution in [1.29, 1.82) is 0 Å². The van der Waals surface area contributed by atoms with Gasteiger partial charge in [-0.3, -0.25) is 0 Å². The van der Waals surface area contributed by atoms with Crippen LogP contribution in [0.25, 0.3) is 11.1 Å². The molecule has 2 aromatic carbocycles. The molecule has 1 aliphatic rings. The Bertz CT molecular complexity index is 622. The monoisotopic (exact) mass is 346 g/mol.